The lowest BCUT2D eigenvalue weighted by Crippen LogP contribution is -1.93. The number of rotatable bonds is 3. The van der Waals surface area contributed by atoms with Crippen molar-refractivity contribution in [3.8, 4) is 28.3 Å². The standard InChI is InChI=1S/C37H24N2OS/c1-2-10-23(11-3-1)24-18-20-25(21-19-24)29-22-32-35(34-28-14-6-9-17-33(28)41-36(29)34)38-37(40-32)39-30-15-7-4-12-26(30)27-13-5-8-16-31(27)39/h1-8,10-16,18-22H,9,17H2. The molecule has 8 aromatic rings. The van der Waals surface area contributed by atoms with Crippen molar-refractivity contribution < 1.29 is 4.42 Å². The number of nitrogens with zero attached hydrogens (tertiary/aromatic N) is 2. The molecule has 0 amide bonds. The maximum absolute atomic E-state index is 6.68. The van der Waals surface area contributed by atoms with Crippen molar-refractivity contribution >= 4 is 60.4 Å². The summed E-state index contributed by atoms with van der Waals surface area (Å²) in [6.45, 7) is 0. The molecule has 0 fully saturated rings. The number of aryl methyl sites for hydroxylation is 1. The fourth-order valence-electron chi connectivity index (χ4n) is 6.40. The van der Waals surface area contributed by atoms with Crippen molar-refractivity contribution in [1.29, 1.82) is 0 Å². The van der Waals surface area contributed by atoms with E-state index in [4.69, 9.17) is 9.40 Å². The lowest BCUT2D eigenvalue weighted by Gasteiger charge is -2.07. The summed E-state index contributed by atoms with van der Waals surface area (Å²) in [5.74, 6) is 0. The Morgan fingerprint density at radius 1 is 0.707 bits per heavy atom. The Morgan fingerprint density at radius 3 is 2.12 bits per heavy atom. The lowest BCUT2D eigenvalue weighted by molar-refractivity contribution is 0.574. The number of allylic oxidation sites excluding steroid dienone is 1. The highest BCUT2D eigenvalue weighted by atomic mass is 32.1. The molecule has 0 bridgehead atoms. The molecule has 3 aromatic heterocycles. The molecule has 3 nitrogen and oxygen atoms in total. The van der Waals surface area contributed by atoms with E-state index in [0.29, 0.717) is 6.01 Å². The van der Waals surface area contributed by atoms with Crippen LogP contribution in [-0.4, -0.2) is 9.55 Å². The third-order valence-corrected chi connectivity index (χ3v) is 9.62. The first-order chi connectivity index (χ1) is 20.3. The minimum Gasteiger partial charge on any atom is -0.423 e. The van der Waals surface area contributed by atoms with E-state index in [-0.39, 0.29) is 0 Å². The molecule has 1 aliphatic carbocycles. The minimum atomic E-state index is 0.606. The van der Waals surface area contributed by atoms with E-state index in [0.717, 1.165) is 35.0 Å². The summed E-state index contributed by atoms with van der Waals surface area (Å²) in [6.07, 6.45) is 6.72. The van der Waals surface area contributed by atoms with E-state index < -0.39 is 0 Å². The summed E-state index contributed by atoms with van der Waals surface area (Å²) in [7, 11) is 0. The highest BCUT2D eigenvalue weighted by Gasteiger charge is 2.23. The number of hydrogen-bond donors (Lipinski definition) is 0. The van der Waals surface area contributed by atoms with Crippen LogP contribution in [0.1, 0.15) is 16.9 Å². The molecule has 0 saturated carbocycles. The summed E-state index contributed by atoms with van der Waals surface area (Å²) in [6, 6.07) is 39.2. The average Bonchev–Trinajstić information content (AvgIpc) is 3.72. The quantitative estimate of drug-likeness (QED) is 0.221. The molecule has 0 unspecified atom stereocenters. The monoisotopic (exact) mass is 544 g/mol. The predicted octanol–water partition coefficient (Wildman–Crippen LogP) is 10.4. The van der Waals surface area contributed by atoms with Crippen molar-refractivity contribution in [2.24, 2.45) is 0 Å². The van der Waals surface area contributed by atoms with Crippen LogP contribution in [0.5, 0.6) is 0 Å². The van der Waals surface area contributed by atoms with Gasteiger partial charge in [-0.15, -0.1) is 11.3 Å². The molecule has 0 atom stereocenters. The smallest absolute Gasteiger partial charge is 0.307 e. The predicted molar refractivity (Wildman–Crippen MR) is 172 cm³/mol. The minimum absolute atomic E-state index is 0.606. The molecule has 194 valence electrons. The van der Waals surface area contributed by atoms with Gasteiger partial charge in [-0.3, -0.25) is 4.57 Å². The number of benzene rings is 5. The average molecular weight is 545 g/mol. The summed E-state index contributed by atoms with van der Waals surface area (Å²) in [4.78, 5) is 6.65. The third-order valence-electron chi connectivity index (χ3n) is 8.32. The first-order valence-corrected chi connectivity index (χ1v) is 14.8. The van der Waals surface area contributed by atoms with E-state index in [1.807, 2.05) is 11.3 Å². The van der Waals surface area contributed by atoms with Crippen LogP contribution in [0.2, 0.25) is 0 Å². The van der Waals surface area contributed by atoms with Crippen molar-refractivity contribution in [2.45, 2.75) is 12.8 Å². The molecule has 9 rings (SSSR count). The largest absolute Gasteiger partial charge is 0.423 e. The van der Waals surface area contributed by atoms with Gasteiger partial charge in [0, 0.05) is 31.3 Å². The topological polar surface area (TPSA) is 31.0 Å². The second-order valence-corrected chi connectivity index (χ2v) is 11.8. The Bertz CT molecular complexity index is 2250. The van der Waals surface area contributed by atoms with Crippen LogP contribution in [0, 0.1) is 0 Å². The Labute approximate surface area is 240 Å². The number of hydrogen-bond acceptors (Lipinski definition) is 3. The van der Waals surface area contributed by atoms with E-state index in [1.165, 1.54) is 53.6 Å². The fourth-order valence-corrected chi connectivity index (χ4v) is 7.74. The third kappa shape index (κ3) is 3.41. The Hall–Kier alpha value is -4.93. The Balaban J connectivity index is 1.31. The molecule has 0 saturated heterocycles. The maximum Gasteiger partial charge on any atom is 0.307 e. The van der Waals surface area contributed by atoms with Crippen LogP contribution in [0.15, 0.2) is 120 Å². The van der Waals surface area contributed by atoms with Crippen LogP contribution >= 0.6 is 11.3 Å². The summed E-state index contributed by atoms with van der Waals surface area (Å²) >= 11 is 1.91. The molecule has 0 aliphatic heterocycles. The molecule has 0 radical (unpaired) electrons. The van der Waals surface area contributed by atoms with Gasteiger partial charge in [0.05, 0.1) is 11.0 Å². The zero-order valence-corrected chi connectivity index (χ0v) is 23.0. The van der Waals surface area contributed by atoms with Gasteiger partial charge < -0.3 is 4.42 Å². The second-order valence-electron chi connectivity index (χ2n) is 10.7. The van der Waals surface area contributed by atoms with Gasteiger partial charge in [0.25, 0.3) is 0 Å². The highest BCUT2D eigenvalue weighted by molar-refractivity contribution is 7.20. The van der Waals surface area contributed by atoms with E-state index in [1.54, 1.807) is 0 Å². The molecule has 3 heterocycles. The van der Waals surface area contributed by atoms with Gasteiger partial charge >= 0.3 is 6.01 Å². The fraction of sp³-hybridized carbons (Fsp3) is 0.0541. The Morgan fingerprint density at radius 2 is 1.37 bits per heavy atom. The molecule has 1 aliphatic rings. The van der Waals surface area contributed by atoms with Crippen molar-refractivity contribution in [1.82, 2.24) is 9.55 Å². The van der Waals surface area contributed by atoms with E-state index in [9.17, 15) is 0 Å². The molecular weight excluding hydrogens is 520 g/mol. The lowest BCUT2D eigenvalue weighted by atomic mass is 9.96. The molecule has 41 heavy (non-hydrogen) atoms. The zero-order valence-electron chi connectivity index (χ0n) is 22.2. The van der Waals surface area contributed by atoms with Crippen molar-refractivity contribution in [3.63, 3.8) is 0 Å². The highest BCUT2D eigenvalue weighted by Crippen LogP contribution is 2.46. The van der Waals surface area contributed by atoms with Crippen molar-refractivity contribution in [3.05, 3.63) is 126 Å². The van der Waals surface area contributed by atoms with Crippen LogP contribution in [0.25, 0.3) is 77.3 Å². The SMILES string of the molecule is C1=Cc2c(sc3c(-c4ccc(-c5ccccc5)cc4)cc4oc(-n5c6ccccc6c6ccccc65)nc4c23)CC1. The molecule has 5 aromatic carbocycles. The first-order valence-electron chi connectivity index (χ1n) is 14.0. The number of para-hydroxylation sites is 2. The summed E-state index contributed by atoms with van der Waals surface area (Å²) < 4.78 is 10.1. The van der Waals surface area contributed by atoms with Crippen LogP contribution in [0.4, 0.5) is 0 Å². The van der Waals surface area contributed by atoms with E-state index >= 15 is 0 Å². The zero-order chi connectivity index (χ0) is 26.9. The van der Waals surface area contributed by atoms with Gasteiger partial charge in [0.1, 0.15) is 5.52 Å². The van der Waals surface area contributed by atoms with Gasteiger partial charge in [-0.1, -0.05) is 103 Å². The van der Waals surface area contributed by atoms with Crippen LogP contribution in [-0.2, 0) is 6.42 Å². The maximum atomic E-state index is 6.68. The normalized spacial score (nSPS) is 13.1. The number of thiophene rings is 1. The second kappa shape index (κ2) is 8.79. The van der Waals surface area contributed by atoms with Crippen molar-refractivity contribution in [2.75, 3.05) is 0 Å². The number of oxazole rings is 1. The summed E-state index contributed by atoms with van der Waals surface area (Å²) in [5, 5.41) is 3.60. The summed E-state index contributed by atoms with van der Waals surface area (Å²) in [5.41, 5.74) is 10.1. The van der Waals surface area contributed by atoms with Gasteiger partial charge in [-0.2, -0.15) is 4.98 Å². The first kappa shape index (κ1) is 22.8. The number of fused-ring (bicyclic) bond motifs is 8. The van der Waals surface area contributed by atoms with Gasteiger partial charge in [0.15, 0.2) is 5.58 Å². The van der Waals surface area contributed by atoms with Crippen LogP contribution in [0.3, 0.4) is 0 Å². The van der Waals surface area contributed by atoms with Gasteiger partial charge in [-0.05, 0) is 53.3 Å². The molecule has 0 N–H and O–H groups in total. The van der Waals surface area contributed by atoms with Gasteiger partial charge in [0.2, 0.25) is 0 Å². The molecular formula is C37H24N2OS. The molecule has 0 spiro atoms. The molecule has 4 heteroatoms. The van der Waals surface area contributed by atoms with Gasteiger partial charge in [-0.25, -0.2) is 0 Å². The Kier molecular flexibility index (Phi) is 4.89. The number of aromatic nitrogens is 2. The van der Waals surface area contributed by atoms with Crippen LogP contribution < -0.4 is 0 Å². The van der Waals surface area contributed by atoms with E-state index in [2.05, 4.69) is 126 Å².